The van der Waals surface area contributed by atoms with Gasteiger partial charge in [0.1, 0.15) is 0 Å². The summed E-state index contributed by atoms with van der Waals surface area (Å²) in [4.78, 5) is 11.8. The number of amides is 2. The second kappa shape index (κ2) is 6.15. The van der Waals surface area contributed by atoms with E-state index in [0.717, 1.165) is 0 Å². The van der Waals surface area contributed by atoms with Gasteiger partial charge in [0.2, 0.25) is 0 Å². The van der Waals surface area contributed by atoms with Gasteiger partial charge in [0, 0.05) is 5.69 Å². The summed E-state index contributed by atoms with van der Waals surface area (Å²) in [5, 5.41) is 6.02. The Morgan fingerprint density at radius 2 is 1.53 bits per heavy atom. The van der Waals surface area contributed by atoms with Crippen molar-refractivity contribution in [2.45, 2.75) is 0 Å². The van der Waals surface area contributed by atoms with Gasteiger partial charge in [-0.2, -0.15) is 0 Å². The SMILES string of the molecule is O=C(Nc1ccccc1)Nc1ccc(Cl)c(Cl)c1Cl. The summed E-state index contributed by atoms with van der Waals surface area (Å²) in [6.45, 7) is 0. The van der Waals surface area contributed by atoms with Crippen LogP contribution in [-0.2, 0) is 0 Å². The Morgan fingerprint density at radius 3 is 2.21 bits per heavy atom. The van der Waals surface area contributed by atoms with Crippen LogP contribution in [0.1, 0.15) is 0 Å². The molecule has 0 heterocycles. The first-order valence-electron chi connectivity index (χ1n) is 5.34. The summed E-state index contributed by atoms with van der Waals surface area (Å²) in [6, 6.07) is 11.8. The van der Waals surface area contributed by atoms with Crippen molar-refractivity contribution in [1.82, 2.24) is 0 Å². The Bertz CT molecular complexity index is 602. The maximum atomic E-state index is 11.8. The molecule has 19 heavy (non-hydrogen) atoms. The van der Waals surface area contributed by atoms with Crippen molar-refractivity contribution in [3.05, 3.63) is 57.5 Å². The van der Waals surface area contributed by atoms with Gasteiger partial charge >= 0.3 is 6.03 Å². The molecule has 0 saturated heterocycles. The lowest BCUT2D eigenvalue weighted by Gasteiger charge is -2.10. The number of anilines is 2. The fourth-order valence-corrected chi connectivity index (χ4v) is 2.01. The average molecular weight is 316 g/mol. The molecular weight excluding hydrogens is 307 g/mol. The number of hydrogen-bond acceptors (Lipinski definition) is 1. The summed E-state index contributed by atoms with van der Waals surface area (Å²) in [5.74, 6) is 0. The van der Waals surface area contributed by atoms with Crippen molar-refractivity contribution < 1.29 is 4.79 Å². The Morgan fingerprint density at radius 1 is 0.842 bits per heavy atom. The summed E-state index contributed by atoms with van der Waals surface area (Å²) in [5.41, 5.74) is 1.07. The Kier molecular flexibility index (Phi) is 4.53. The largest absolute Gasteiger partial charge is 0.323 e. The quantitative estimate of drug-likeness (QED) is 0.726. The fourth-order valence-electron chi connectivity index (χ4n) is 1.43. The third kappa shape index (κ3) is 3.53. The van der Waals surface area contributed by atoms with Gasteiger partial charge in [0.05, 0.1) is 20.8 Å². The lowest BCUT2D eigenvalue weighted by molar-refractivity contribution is 0.262. The lowest BCUT2D eigenvalue weighted by Crippen LogP contribution is -2.19. The van der Waals surface area contributed by atoms with E-state index in [1.165, 1.54) is 0 Å². The smallest absolute Gasteiger partial charge is 0.308 e. The molecule has 2 amide bonds. The van der Waals surface area contributed by atoms with Gasteiger partial charge < -0.3 is 10.6 Å². The van der Waals surface area contributed by atoms with E-state index in [4.69, 9.17) is 34.8 Å². The number of rotatable bonds is 2. The van der Waals surface area contributed by atoms with Crippen molar-refractivity contribution in [3.8, 4) is 0 Å². The fraction of sp³-hybridized carbons (Fsp3) is 0. The zero-order valence-electron chi connectivity index (χ0n) is 9.58. The predicted octanol–water partition coefficient (Wildman–Crippen LogP) is 5.29. The van der Waals surface area contributed by atoms with E-state index < -0.39 is 6.03 Å². The molecule has 2 rings (SSSR count). The van der Waals surface area contributed by atoms with Crippen LogP contribution < -0.4 is 10.6 Å². The second-order valence-corrected chi connectivity index (χ2v) is 4.83. The molecule has 0 saturated carbocycles. The molecule has 2 aromatic carbocycles. The van der Waals surface area contributed by atoms with E-state index >= 15 is 0 Å². The maximum absolute atomic E-state index is 11.8. The molecule has 0 fully saturated rings. The monoisotopic (exact) mass is 314 g/mol. The minimum Gasteiger partial charge on any atom is -0.308 e. The van der Waals surface area contributed by atoms with E-state index in [1.54, 1.807) is 24.3 Å². The van der Waals surface area contributed by atoms with Crippen molar-refractivity contribution in [1.29, 1.82) is 0 Å². The van der Waals surface area contributed by atoms with Crippen LogP contribution in [0.15, 0.2) is 42.5 Å². The number of para-hydroxylation sites is 1. The van der Waals surface area contributed by atoms with E-state index in [9.17, 15) is 4.79 Å². The molecule has 98 valence electrons. The molecule has 0 aliphatic rings. The van der Waals surface area contributed by atoms with Crippen LogP contribution >= 0.6 is 34.8 Å². The van der Waals surface area contributed by atoms with Crippen LogP contribution in [0.25, 0.3) is 0 Å². The minimum absolute atomic E-state index is 0.206. The highest BCUT2D eigenvalue weighted by molar-refractivity contribution is 6.49. The molecule has 6 heteroatoms. The van der Waals surface area contributed by atoms with E-state index in [-0.39, 0.29) is 10.0 Å². The van der Waals surface area contributed by atoms with Crippen LogP contribution in [0.4, 0.5) is 16.2 Å². The number of carbonyl (C=O) groups excluding carboxylic acids is 1. The van der Waals surface area contributed by atoms with Gasteiger partial charge in [-0.05, 0) is 24.3 Å². The molecule has 0 bridgehead atoms. The van der Waals surface area contributed by atoms with Crippen LogP contribution in [0.5, 0.6) is 0 Å². The normalized spacial score (nSPS) is 10.1. The first-order chi connectivity index (χ1) is 9.08. The number of urea groups is 1. The van der Waals surface area contributed by atoms with Crippen molar-refractivity contribution in [3.63, 3.8) is 0 Å². The zero-order chi connectivity index (χ0) is 13.8. The number of nitrogens with one attached hydrogen (secondary N) is 2. The van der Waals surface area contributed by atoms with Crippen LogP contribution in [0, 0.1) is 0 Å². The van der Waals surface area contributed by atoms with Crippen molar-refractivity contribution in [2.24, 2.45) is 0 Å². The van der Waals surface area contributed by atoms with Crippen LogP contribution in [0.2, 0.25) is 15.1 Å². The molecular formula is C13H9Cl3N2O. The molecule has 2 aromatic rings. The maximum Gasteiger partial charge on any atom is 0.323 e. The molecule has 0 radical (unpaired) electrons. The number of hydrogen-bond donors (Lipinski definition) is 2. The predicted molar refractivity (Wildman–Crippen MR) is 80.6 cm³/mol. The van der Waals surface area contributed by atoms with Gasteiger partial charge in [-0.15, -0.1) is 0 Å². The highest BCUT2D eigenvalue weighted by Crippen LogP contribution is 2.35. The molecule has 0 atom stereocenters. The Balaban J connectivity index is 2.10. The summed E-state index contributed by atoms with van der Waals surface area (Å²) >= 11 is 17.7. The Hall–Kier alpha value is -1.42. The van der Waals surface area contributed by atoms with Gasteiger partial charge in [-0.25, -0.2) is 4.79 Å². The highest BCUT2D eigenvalue weighted by Gasteiger charge is 2.11. The van der Waals surface area contributed by atoms with Crippen LogP contribution in [-0.4, -0.2) is 6.03 Å². The first kappa shape index (κ1) is 14.0. The molecule has 3 nitrogen and oxygen atoms in total. The molecule has 2 N–H and O–H groups in total. The third-order valence-corrected chi connectivity index (χ3v) is 3.61. The van der Waals surface area contributed by atoms with Gasteiger partial charge in [-0.3, -0.25) is 0 Å². The summed E-state index contributed by atoms with van der Waals surface area (Å²) in [6.07, 6.45) is 0. The molecule has 0 aromatic heterocycles. The summed E-state index contributed by atoms with van der Waals surface area (Å²) < 4.78 is 0. The van der Waals surface area contributed by atoms with Gasteiger partial charge in [0.15, 0.2) is 0 Å². The first-order valence-corrected chi connectivity index (χ1v) is 6.48. The minimum atomic E-state index is -0.411. The van der Waals surface area contributed by atoms with Crippen LogP contribution in [0.3, 0.4) is 0 Å². The van der Waals surface area contributed by atoms with E-state index in [1.807, 2.05) is 18.2 Å². The van der Waals surface area contributed by atoms with Gasteiger partial charge in [0.25, 0.3) is 0 Å². The van der Waals surface area contributed by atoms with Crippen molar-refractivity contribution >= 4 is 52.2 Å². The highest BCUT2D eigenvalue weighted by atomic mass is 35.5. The molecule has 0 spiro atoms. The standard InChI is InChI=1S/C13H9Cl3N2O/c14-9-6-7-10(12(16)11(9)15)18-13(19)17-8-4-2-1-3-5-8/h1-7H,(H2,17,18,19). The third-order valence-electron chi connectivity index (χ3n) is 2.32. The second-order valence-electron chi connectivity index (χ2n) is 3.67. The number of carbonyl (C=O) groups is 1. The molecule has 0 aliphatic heterocycles. The van der Waals surface area contributed by atoms with E-state index in [2.05, 4.69) is 10.6 Å². The zero-order valence-corrected chi connectivity index (χ0v) is 11.9. The Labute approximate surface area is 125 Å². The molecule has 0 aliphatic carbocycles. The lowest BCUT2D eigenvalue weighted by atomic mass is 10.3. The van der Waals surface area contributed by atoms with E-state index in [0.29, 0.717) is 16.4 Å². The topological polar surface area (TPSA) is 41.1 Å². The number of halogens is 3. The molecule has 0 unspecified atom stereocenters. The summed E-state index contributed by atoms with van der Waals surface area (Å²) in [7, 11) is 0. The average Bonchev–Trinajstić information content (AvgIpc) is 2.41. The van der Waals surface area contributed by atoms with Crippen molar-refractivity contribution in [2.75, 3.05) is 10.6 Å². The van der Waals surface area contributed by atoms with Gasteiger partial charge in [-0.1, -0.05) is 53.0 Å². The number of benzene rings is 2.